The zero-order valence-electron chi connectivity index (χ0n) is 14.7. The molecule has 6 heteroatoms. The quantitative estimate of drug-likeness (QED) is 0.742. The van der Waals surface area contributed by atoms with E-state index in [1.165, 1.54) is 5.39 Å². The van der Waals surface area contributed by atoms with Crippen LogP contribution in [0, 0.1) is 5.92 Å². The number of nitrogens with zero attached hydrogens (tertiary/aromatic N) is 3. The van der Waals surface area contributed by atoms with E-state index in [0.29, 0.717) is 6.54 Å². The highest BCUT2D eigenvalue weighted by molar-refractivity contribution is 5.80. The monoisotopic (exact) mass is 349 g/mol. The second-order valence-electron chi connectivity index (χ2n) is 6.75. The summed E-state index contributed by atoms with van der Waals surface area (Å²) in [5.41, 5.74) is 2.30. The summed E-state index contributed by atoms with van der Waals surface area (Å²) in [5.74, 6) is 1.15. The summed E-state index contributed by atoms with van der Waals surface area (Å²) >= 11 is 0. The maximum atomic E-state index is 12.4. The third kappa shape index (κ3) is 3.69. The second-order valence-corrected chi connectivity index (χ2v) is 6.75. The van der Waals surface area contributed by atoms with Gasteiger partial charge in [-0.15, -0.1) is 0 Å². The van der Waals surface area contributed by atoms with E-state index in [-0.39, 0.29) is 11.8 Å². The smallest absolute Gasteiger partial charge is 0.223 e. The number of piperidine rings is 1. The van der Waals surface area contributed by atoms with Gasteiger partial charge in [0.15, 0.2) is 0 Å². The third-order valence-corrected chi connectivity index (χ3v) is 5.02. The molecule has 1 aromatic carbocycles. The van der Waals surface area contributed by atoms with Crippen LogP contribution in [0.25, 0.3) is 10.9 Å². The van der Waals surface area contributed by atoms with Crippen LogP contribution in [0.5, 0.6) is 0 Å². The van der Waals surface area contributed by atoms with Crippen molar-refractivity contribution in [3.05, 3.63) is 54.6 Å². The zero-order valence-corrected chi connectivity index (χ0v) is 14.7. The van der Waals surface area contributed by atoms with Crippen LogP contribution in [-0.2, 0) is 11.2 Å². The van der Waals surface area contributed by atoms with Gasteiger partial charge in [0, 0.05) is 55.6 Å². The summed E-state index contributed by atoms with van der Waals surface area (Å²) in [6.45, 7) is 2.35. The fourth-order valence-corrected chi connectivity index (χ4v) is 3.56. The number of aromatic amines is 1. The lowest BCUT2D eigenvalue weighted by Crippen LogP contribution is -2.41. The number of benzene rings is 1. The lowest BCUT2D eigenvalue weighted by Gasteiger charge is -2.31. The average Bonchev–Trinajstić information content (AvgIpc) is 3.11. The molecule has 0 aliphatic carbocycles. The van der Waals surface area contributed by atoms with E-state index in [2.05, 4.69) is 43.4 Å². The number of fused-ring (bicyclic) bond motifs is 1. The first kappa shape index (κ1) is 16.6. The Labute approximate surface area is 152 Å². The highest BCUT2D eigenvalue weighted by atomic mass is 16.1. The van der Waals surface area contributed by atoms with E-state index in [1.54, 1.807) is 18.6 Å². The topological polar surface area (TPSA) is 73.9 Å². The van der Waals surface area contributed by atoms with Crippen molar-refractivity contribution in [2.24, 2.45) is 5.92 Å². The Morgan fingerprint density at radius 3 is 2.85 bits per heavy atom. The summed E-state index contributed by atoms with van der Waals surface area (Å²) in [7, 11) is 0. The molecule has 3 heterocycles. The van der Waals surface area contributed by atoms with Crippen LogP contribution < -0.4 is 10.2 Å². The number of nitrogens with one attached hydrogen (secondary N) is 2. The van der Waals surface area contributed by atoms with Gasteiger partial charge in [-0.25, -0.2) is 4.98 Å². The summed E-state index contributed by atoms with van der Waals surface area (Å²) in [5, 5.41) is 4.31. The minimum atomic E-state index is 0.0886. The highest BCUT2D eigenvalue weighted by Crippen LogP contribution is 2.21. The summed E-state index contributed by atoms with van der Waals surface area (Å²) in [4.78, 5) is 26.5. The van der Waals surface area contributed by atoms with Crippen LogP contribution in [0.2, 0.25) is 0 Å². The molecule has 134 valence electrons. The van der Waals surface area contributed by atoms with E-state index < -0.39 is 0 Å². The first-order chi connectivity index (χ1) is 12.8. The molecular formula is C20H23N5O. The Morgan fingerprint density at radius 2 is 2.08 bits per heavy atom. The van der Waals surface area contributed by atoms with Crippen molar-refractivity contribution in [3.63, 3.8) is 0 Å². The van der Waals surface area contributed by atoms with Gasteiger partial charge in [0.25, 0.3) is 0 Å². The van der Waals surface area contributed by atoms with Gasteiger partial charge in [-0.1, -0.05) is 18.2 Å². The van der Waals surface area contributed by atoms with Gasteiger partial charge in [-0.2, -0.15) is 0 Å². The molecule has 0 bridgehead atoms. The molecule has 1 amide bonds. The number of hydrogen-bond donors (Lipinski definition) is 2. The van der Waals surface area contributed by atoms with Crippen LogP contribution in [-0.4, -0.2) is 40.5 Å². The number of rotatable bonds is 5. The summed E-state index contributed by atoms with van der Waals surface area (Å²) < 4.78 is 0. The number of anilines is 1. The average molecular weight is 349 g/mol. The number of aromatic nitrogens is 3. The zero-order chi connectivity index (χ0) is 17.8. The number of amides is 1. The molecule has 1 aliphatic heterocycles. The maximum Gasteiger partial charge on any atom is 0.223 e. The Bertz CT molecular complexity index is 835. The molecule has 1 aliphatic rings. The Hall–Kier alpha value is -2.89. The molecule has 0 spiro atoms. The van der Waals surface area contributed by atoms with Gasteiger partial charge in [-0.05, 0) is 30.4 Å². The van der Waals surface area contributed by atoms with Gasteiger partial charge in [0.1, 0.15) is 5.82 Å². The van der Waals surface area contributed by atoms with Crippen molar-refractivity contribution in [2.45, 2.75) is 19.3 Å². The SMILES string of the molecule is O=C(NCCc1cc2ccccc2[nH]1)C1CCN(c2cnccn2)CC1. The summed E-state index contributed by atoms with van der Waals surface area (Å²) in [6.07, 6.45) is 7.69. The molecular weight excluding hydrogens is 326 g/mol. The predicted octanol–water partition coefficient (Wildman–Crippen LogP) is 2.53. The minimum Gasteiger partial charge on any atom is -0.358 e. The van der Waals surface area contributed by atoms with Crippen molar-refractivity contribution in [2.75, 3.05) is 24.5 Å². The Balaban J connectivity index is 1.24. The molecule has 6 nitrogen and oxygen atoms in total. The normalized spacial score (nSPS) is 15.3. The van der Waals surface area contributed by atoms with Gasteiger partial charge < -0.3 is 15.2 Å². The number of hydrogen-bond acceptors (Lipinski definition) is 4. The lowest BCUT2D eigenvalue weighted by atomic mass is 9.96. The van der Waals surface area contributed by atoms with E-state index >= 15 is 0 Å². The predicted molar refractivity (Wildman–Crippen MR) is 102 cm³/mol. The van der Waals surface area contributed by atoms with Crippen LogP contribution >= 0.6 is 0 Å². The first-order valence-electron chi connectivity index (χ1n) is 9.15. The van der Waals surface area contributed by atoms with Crippen molar-refractivity contribution >= 4 is 22.6 Å². The Morgan fingerprint density at radius 1 is 1.23 bits per heavy atom. The number of carbonyl (C=O) groups excluding carboxylic acids is 1. The molecule has 4 rings (SSSR count). The van der Waals surface area contributed by atoms with Crippen molar-refractivity contribution < 1.29 is 4.79 Å². The van der Waals surface area contributed by atoms with E-state index in [1.807, 2.05) is 12.1 Å². The van der Waals surface area contributed by atoms with Gasteiger partial charge in [-0.3, -0.25) is 9.78 Å². The first-order valence-corrected chi connectivity index (χ1v) is 9.15. The number of carbonyl (C=O) groups is 1. The molecule has 2 aromatic heterocycles. The van der Waals surface area contributed by atoms with Crippen molar-refractivity contribution in [1.29, 1.82) is 0 Å². The molecule has 26 heavy (non-hydrogen) atoms. The van der Waals surface area contributed by atoms with Crippen LogP contribution in [0.1, 0.15) is 18.5 Å². The molecule has 2 N–H and O–H groups in total. The molecule has 0 saturated carbocycles. The molecule has 0 unspecified atom stereocenters. The molecule has 0 atom stereocenters. The van der Waals surface area contributed by atoms with Gasteiger partial charge in [0.2, 0.25) is 5.91 Å². The van der Waals surface area contributed by atoms with E-state index in [9.17, 15) is 4.79 Å². The number of para-hydroxylation sites is 1. The number of H-pyrrole nitrogens is 1. The van der Waals surface area contributed by atoms with Crippen molar-refractivity contribution in [1.82, 2.24) is 20.3 Å². The highest BCUT2D eigenvalue weighted by Gasteiger charge is 2.25. The maximum absolute atomic E-state index is 12.4. The molecule has 1 fully saturated rings. The van der Waals surface area contributed by atoms with Gasteiger partial charge in [0.05, 0.1) is 6.20 Å². The van der Waals surface area contributed by atoms with Gasteiger partial charge >= 0.3 is 0 Å². The van der Waals surface area contributed by atoms with Crippen molar-refractivity contribution in [3.8, 4) is 0 Å². The molecule has 0 radical (unpaired) electrons. The van der Waals surface area contributed by atoms with E-state index in [4.69, 9.17) is 0 Å². The fourth-order valence-electron chi connectivity index (χ4n) is 3.56. The lowest BCUT2D eigenvalue weighted by molar-refractivity contribution is -0.125. The Kier molecular flexibility index (Phi) is 4.82. The van der Waals surface area contributed by atoms with Crippen LogP contribution in [0.3, 0.4) is 0 Å². The van der Waals surface area contributed by atoms with Crippen LogP contribution in [0.15, 0.2) is 48.9 Å². The molecule has 3 aromatic rings. The largest absolute Gasteiger partial charge is 0.358 e. The standard InChI is InChI=1S/C20H23N5O/c26-20(15-6-11-25(12-7-15)19-14-21-9-10-22-19)23-8-5-17-13-16-3-1-2-4-18(16)24-17/h1-4,9-10,13-15,24H,5-8,11-12H2,(H,23,26). The second kappa shape index (κ2) is 7.56. The minimum absolute atomic E-state index is 0.0886. The van der Waals surface area contributed by atoms with Crippen LogP contribution in [0.4, 0.5) is 5.82 Å². The molecule has 1 saturated heterocycles. The van der Waals surface area contributed by atoms with E-state index in [0.717, 1.165) is 49.4 Å². The summed E-state index contributed by atoms with van der Waals surface area (Å²) in [6, 6.07) is 10.4. The fraction of sp³-hybridized carbons (Fsp3) is 0.350. The third-order valence-electron chi connectivity index (χ3n) is 5.02.